The van der Waals surface area contributed by atoms with Crippen LogP contribution in [0.3, 0.4) is 0 Å². The second kappa shape index (κ2) is 6.49. The Morgan fingerprint density at radius 1 is 1.52 bits per heavy atom. The second-order valence-corrected chi connectivity index (χ2v) is 6.41. The average Bonchev–Trinajstić information content (AvgIpc) is 2.46. The lowest BCUT2D eigenvalue weighted by Crippen LogP contribution is -2.46. The van der Waals surface area contributed by atoms with Crippen LogP contribution >= 0.6 is 11.8 Å². The topological polar surface area (TPSA) is 78.4 Å². The zero-order valence-electron chi connectivity index (χ0n) is 12.2. The van der Waals surface area contributed by atoms with Crippen molar-refractivity contribution in [1.29, 1.82) is 0 Å². The Morgan fingerprint density at radius 3 is 2.95 bits per heavy atom. The number of carbonyl (C=O) groups excluding carboxylic acids is 2. The van der Waals surface area contributed by atoms with Gasteiger partial charge in [0.15, 0.2) is 0 Å². The number of hydrogen-bond donors (Lipinski definition) is 3. The molecule has 0 saturated heterocycles. The first kappa shape index (κ1) is 15.9. The SMILES string of the molecule is CCC(C)(CCO)NC(=O)c1ccc2c(c1)NC(=O)CS2. The Kier molecular flexibility index (Phi) is 4.90. The lowest BCUT2D eigenvalue weighted by atomic mass is 9.94. The number of benzene rings is 1. The van der Waals surface area contributed by atoms with Gasteiger partial charge in [-0.05, 0) is 38.0 Å². The van der Waals surface area contributed by atoms with Crippen molar-refractivity contribution in [3.05, 3.63) is 23.8 Å². The van der Waals surface area contributed by atoms with Gasteiger partial charge in [0.05, 0.1) is 11.4 Å². The molecule has 2 rings (SSSR count). The van der Waals surface area contributed by atoms with Crippen LogP contribution in [0.25, 0.3) is 0 Å². The van der Waals surface area contributed by atoms with E-state index in [0.29, 0.717) is 23.4 Å². The Labute approximate surface area is 128 Å². The third-order valence-electron chi connectivity index (χ3n) is 3.73. The van der Waals surface area contributed by atoms with Crippen LogP contribution in [0.4, 0.5) is 5.69 Å². The molecule has 3 N–H and O–H groups in total. The van der Waals surface area contributed by atoms with Crippen molar-refractivity contribution in [2.45, 2.75) is 37.1 Å². The van der Waals surface area contributed by atoms with Crippen molar-refractivity contribution in [1.82, 2.24) is 5.32 Å². The number of hydrogen-bond acceptors (Lipinski definition) is 4. The minimum absolute atomic E-state index is 0.0293. The molecule has 0 saturated carbocycles. The van der Waals surface area contributed by atoms with Crippen molar-refractivity contribution >= 4 is 29.3 Å². The van der Waals surface area contributed by atoms with E-state index >= 15 is 0 Å². The summed E-state index contributed by atoms with van der Waals surface area (Å²) in [5, 5.41) is 14.8. The minimum Gasteiger partial charge on any atom is -0.396 e. The fourth-order valence-corrected chi connectivity index (χ4v) is 2.93. The van der Waals surface area contributed by atoms with Crippen LogP contribution < -0.4 is 10.6 Å². The van der Waals surface area contributed by atoms with Crippen LogP contribution in [0, 0.1) is 0 Å². The maximum Gasteiger partial charge on any atom is 0.251 e. The van der Waals surface area contributed by atoms with Crippen LogP contribution in [0.1, 0.15) is 37.0 Å². The highest BCUT2D eigenvalue weighted by Gasteiger charge is 2.25. The van der Waals surface area contributed by atoms with Crippen LogP contribution in [0.5, 0.6) is 0 Å². The molecule has 0 spiro atoms. The highest BCUT2D eigenvalue weighted by atomic mass is 32.2. The molecule has 0 radical (unpaired) electrons. The molecular formula is C15H20N2O3S. The number of anilines is 1. The van der Waals surface area contributed by atoms with E-state index in [2.05, 4.69) is 10.6 Å². The quantitative estimate of drug-likeness (QED) is 0.777. The Bertz CT molecular complexity index is 562. The number of aliphatic hydroxyl groups is 1. The van der Waals surface area contributed by atoms with Gasteiger partial charge in [0.25, 0.3) is 5.91 Å². The highest BCUT2D eigenvalue weighted by Crippen LogP contribution is 2.32. The third-order valence-corrected chi connectivity index (χ3v) is 4.81. The van der Waals surface area contributed by atoms with Gasteiger partial charge < -0.3 is 15.7 Å². The monoisotopic (exact) mass is 308 g/mol. The van der Waals surface area contributed by atoms with Gasteiger partial charge in [-0.1, -0.05) is 6.92 Å². The molecule has 0 aromatic heterocycles. The summed E-state index contributed by atoms with van der Waals surface area (Å²) in [5.74, 6) is 0.160. The molecule has 0 aliphatic carbocycles. The van der Waals surface area contributed by atoms with Gasteiger partial charge in [-0.3, -0.25) is 9.59 Å². The molecule has 1 aromatic carbocycles. The summed E-state index contributed by atoms with van der Waals surface area (Å²) in [6.45, 7) is 3.92. The molecule has 0 fully saturated rings. The number of fused-ring (bicyclic) bond motifs is 1. The van der Waals surface area contributed by atoms with E-state index in [1.807, 2.05) is 19.9 Å². The molecule has 114 valence electrons. The molecule has 1 aliphatic heterocycles. The number of rotatable bonds is 5. The average molecular weight is 308 g/mol. The van der Waals surface area contributed by atoms with Gasteiger partial charge in [-0.25, -0.2) is 0 Å². The first-order valence-electron chi connectivity index (χ1n) is 6.97. The van der Waals surface area contributed by atoms with E-state index in [1.54, 1.807) is 12.1 Å². The molecule has 1 unspecified atom stereocenters. The predicted molar refractivity (Wildman–Crippen MR) is 83.7 cm³/mol. The fraction of sp³-hybridized carbons (Fsp3) is 0.467. The Hall–Kier alpha value is -1.53. The molecule has 1 aliphatic rings. The smallest absolute Gasteiger partial charge is 0.251 e. The summed E-state index contributed by atoms with van der Waals surface area (Å²) < 4.78 is 0. The molecule has 0 bridgehead atoms. The van der Waals surface area contributed by atoms with Gasteiger partial charge >= 0.3 is 0 Å². The van der Waals surface area contributed by atoms with Crippen molar-refractivity contribution < 1.29 is 14.7 Å². The van der Waals surface area contributed by atoms with E-state index in [0.717, 1.165) is 11.3 Å². The maximum absolute atomic E-state index is 12.3. The van der Waals surface area contributed by atoms with E-state index in [4.69, 9.17) is 5.11 Å². The van der Waals surface area contributed by atoms with Crippen LogP contribution in [-0.2, 0) is 4.79 Å². The number of carbonyl (C=O) groups is 2. The van der Waals surface area contributed by atoms with E-state index in [1.165, 1.54) is 11.8 Å². The van der Waals surface area contributed by atoms with Crippen LogP contribution in [0.15, 0.2) is 23.1 Å². The fourth-order valence-electron chi connectivity index (χ4n) is 2.15. The highest BCUT2D eigenvalue weighted by molar-refractivity contribution is 8.00. The van der Waals surface area contributed by atoms with Gasteiger partial charge in [-0.15, -0.1) is 11.8 Å². The molecule has 2 amide bonds. The molecule has 1 heterocycles. The first-order chi connectivity index (χ1) is 9.97. The summed E-state index contributed by atoms with van der Waals surface area (Å²) in [4.78, 5) is 24.7. The van der Waals surface area contributed by atoms with Crippen molar-refractivity contribution in [3.63, 3.8) is 0 Å². The van der Waals surface area contributed by atoms with E-state index in [9.17, 15) is 9.59 Å². The van der Waals surface area contributed by atoms with Gasteiger partial charge in [0.1, 0.15) is 0 Å². The number of thioether (sulfide) groups is 1. The molecule has 6 heteroatoms. The van der Waals surface area contributed by atoms with Gasteiger partial charge in [-0.2, -0.15) is 0 Å². The second-order valence-electron chi connectivity index (χ2n) is 5.39. The van der Waals surface area contributed by atoms with Crippen molar-refractivity contribution in [2.24, 2.45) is 0 Å². The predicted octanol–water partition coefficient (Wildman–Crippen LogP) is 2.01. The lowest BCUT2D eigenvalue weighted by molar-refractivity contribution is -0.113. The van der Waals surface area contributed by atoms with Gasteiger partial charge in [0, 0.05) is 22.6 Å². The van der Waals surface area contributed by atoms with Gasteiger partial charge in [0.2, 0.25) is 5.91 Å². The number of aliphatic hydroxyl groups excluding tert-OH is 1. The Balaban J connectivity index is 2.16. The largest absolute Gasteiger partial charge is 0.396 e. The summed E-state index contributed by atoms with van der Waals surface area (Å²) in [6.07, 6.45) is 1.24. The van der Waals surface area contributed by atoms with Crippen LogP contribution in [0.2, 0.25) is 0 Å². The lowest BCUT2D eigenvalue weighted by Gasteiger charge is -2.29. The molecular weight excluding hydrogens is 288 g/mol. The van der Waals surface area contributed by atoms with Crippen molar-refractivity contribution in [3.8, 4) is 0 Å². The molecule has 1 aromatic rings. The molecule has 5 nitrogen and oxygen atoms in total. The number of nitrogens with one attached hydrogen (secondary N) is 2. The zero-order valence-corrected chi connectivity index (χ0v) is 13.0. The number of amides is 2. The van der Waals surface area contributed by atoms with E-state index < -0.39 is 5.54 Å². The van der Waals surface area contributed by atoms with Crippen LogP contribution in [-0.4, -0.2) is 34.8 Å². The summed E-state index contributed by atoms with van der Waals surface area (Å²) >= 11 is 1.47. The normalized spacial score (nSPS) is 16.6. The first-order valence-corrected chi connectivity index (χ1v) is 7.96. The summed E-state index contributed by atoms with van der Waals surface area (Å²) in [5.41, 5.74) is 0.762. The maximum atomic E-state index is 12.3. The summed E-state index contributed by atoms with van der Waals surface area (Å²) in [7, 11) is 0. The molecule has 1 atom stereocenters. The van der Waals surface area contributed by atoms with E-state index in [-0.39, 0.29) is 18.4 Å². The standard InChI is InChI=1S/C15H20N2O3S/c1-3-15(2,6-7-18)17-14(20)10-4-5-12-11(8-10)16-13(19)9-21-12/h4-5,8,18H,3,6-7,9H2,1-2H3,(H,16,19)(H,17,20). The third kappa shape index (κ3) is 3.77. The summed E-state index contributed by atoms with van der Waals surface area (Å²) in [6, 6.07) is 5.31. The van der Waals surface area contributed by atoms with Crippen molar-refractivity contribution in [2.75, 3.05) is 17.7 Å². The minimum atomic E-state index is -0.431. The molecule has 21 heavy (non-hydrogen) atoms. The Morgan fingerprint density at radius 2 is 2.29 bits per heavy atom. The zero-order chi connectivity index (χ0) is 15.5.